The number of nitrogens with zero attached hydrogens (tertiary/aromatic N) is 1. The monoisotopic (exact) mass is 218 g/mol. The molecule has 78 valence electrons. The van der Waals surface area contributed by atoms with Crippen molar-refractivity contribution < 1.29 is 0 Å². The van der Waals surface area contributed by atoms with Crippen LogP contribution >= 0.6 is 11.3 Å². The summed E-state index contributed by atoms with van der Waals surface area (Å²) in [4.78, 5) is 4.46. The lowest BCUT2D eigenvalue weighted by Crippen LogP contribution is -2.25. The van der Waals surface area contributed by atoms with Gasteiger partial charge in [0.2, 0.25) is 0 Å². The third-order valence-corrected chi connectivity index (χ3v) is 4.00. The number of pyridine rings is 1. The molecule has 15 heavy (non-hydrogen) atoms. The molecule has 0 spiro atoms. The van der Waals surface area contributed by atoms with Gasteiger partial charge >= 0.3 is 0 Å². The molecule has 3 heteroatoms. The third kappa shape index (κ3) is 1.77. The second-order valence-corrected chi connectivity index (χ2v) is 5.24. The molecule has 0 radical (unpaired) electrons. The number of hydrogen-bond donors (Lipinski definition) is 1. The zero-order valence-electron chi connectivity index (χ0n) is 8.52. The molecule has 2 heterocycles. The number of nitrogens with two attached hydrogens (primary N) is 1. The molecule has 2 N–H and O–H groups in total. The summed E-state index contributed by atoms with van der Waals surface area (Å²) in [6.45, 7) is 0. The van der Waals surface area contributed by atoms with Crippen LogP contribution in [0.1, 0.15) is 18.5 Å². The highest BCUT2D eigenvalue weighted by Gasteiger charge is 2.28. The number of rotatable bonds is 3. The molecule has 2 nitrogen and oxygen atoms in total. The highest BCUT2D eigenvalue weighted by atomic mass is 32.1. The Morgan fingerprint density at radius 3 is 3.13 bits per heavy atom. The maximum Gasteiger partial charge on any atom is 0.0505 e. The lowest BCUT2D eigenvalue weighted by Gasteiger charge is -2.09. The second-order valence-electron chi connectivity index (χ2n) is 4.30. The Bertz CT molecular complexity index is 473. The second kappa shape index (κ2) is 3.58. The molecule has 1 atom stereocenters. The van der Waals surface area contributed by atoms with Crippen molar-refractivity contribution in [1.29, 1.82) is 0 Å². The van der Waals surface area contributed by atoms with Gasteiger partial charge in [-0.3, -0.25) is 4.98 Å². The lowest BCUT2D eigenvalue weighted by molar-refractivity contribution is 0.587. The van der Waals surface area contributed by atoms with E-state index in [2.05, 4.69) is 22.5 Å². The summed E-state index contributed by atoms with van der Waals surface area (Å²) in [7, 11) is 0. The van der Waals surface area contributed by atoms with Crippen LogP contribution < -0.4 is 5.73 Å². The molecule has 3 rings (SSSR count). The summed E-state index contributed by atoms with van der Waals surface area (Å²) in [6, 6.07) is 4.54. The Labute approximate surface area is 93.1 Å². The minimum Gasteiger partial charge on any atom is -0.327 e. The van der Waals surface area contributed by atoms with Crippen LogP contribution in [0.5, 0.6) is 0 Å². The minimum absolute atomic E-state index is 0.308. The fourth-order valence-corrected chi connectivity index (χ4v) is 2.83. The zero-order valence-corrected chi connectivity index (χ0v) is 9.33. The summed E-state index contributed by atoms with van der Waals surface area (Å²) in [5.74, 6) is 0.751. The normalized spacial score (nSPS) is 18.2. The van der Waals surface area contributed by atoms with Gasteiger partial charge in [-0.1, -0.05) is 0 Å². The Morgan fingerprint density at radius 1 is 1.47 bits per heavy atom. The van der Waals surface area contributed by atoms with E-state index in [9.17, 15) is 0 Å². The van der Waals surface area contributed by atoms with Gasteiger partial charge in [0.1, 0.15) is 0 Å². The molecule has 0 aromatic carbocycles. The van der Waals surface area contributed by atoms with Crippen molar-refractivity contribution in [2.75, 3.05) is 0 Å². The number of aromatic nitrogens is 1. The van der Waals surface area contributed by atoms with Crippen LogP contribution in [-0.2, 0) is 6.42 Å². The quantitative estimate of drug-likeness (QED) is 0.860. The molecular formula is C12H14N2S. The van der Waals surface area contributed by atoms with E-state index in [1.165, 1.54) is 28.6 Å². The molecule has 2 aromatic rings. The molecule has 1 unspecified atom stereocenters. The van der Waals surface area contributed by atoms with Crippen molar-refractivity contribution in [2.45, 2.75) is 25.3 Å². The molecular weight excluding hydrogens is 204 g/mol. The van der Waals surface area contributed by atoms with Crippen molar-refractivity contribution in [2.24, 2.45) is 11.7 Å². The molecule has 1 aliphatic rings. The first-order valence-corrected chi connectivity index (χ1v) is 6.29. The first-order chi connectivity index (χ1) is 7.34. The van der Waals surface area contributed by atoms with Crippen LogP contribution in [0.15, 0.2) is 23.7 Å². The smallest absolute Gasteiger partial charge is 0.0505 e. The number of fused-ring (bicyclic) bond motifs is 1. The summed E-state index contributed by atoms with van der Waals surface area (Å²) in [5.41, 5.74) is 7.31. The highest BCUT2D eigenvalue weighted by molar-refractivity contribution is 7.17. The minimum atomic E-state index is 0.308. The van der Waals surface area contributed by atoms with E-state index in [1.807, 2.05) is 6.20 Å². The topological polar surface area (TPSA) is 38.9 Å². The van der Waals surface area contributed by atoms with Crippen molar-refractivity contribution in [3.05, 3.63) is 29.4 Å². The van der Waals surface area contributed by atoms with Crippen LogP contribution in [0.25, 0.3) is 10.1 Å². The maximum absolute atomic E-state index is 6.13. The predicted octanol–water partition coefficient (Wildman–Crippen LogP) is 2.58. The standard InChI is InChI=1S/C12H14N2S/c13-10(8-1-2-8)7-11-9-4-6-15-12(9)3-5-14-11/h3-6,8,10H,1-2,7,13H2. The summed E-state index contributed by atoms with van der Waals surface area (Å²) in [6.07, 6.45) is 5.44. The molecule has 0 amide bonds. The van der Waals surface area contributed by atoms with E-state index in [0.29, 0.717) is 6.04 Å². The fraction of sp³-hybridized carbons (Fsp3) is 0.417. The van der Waals surface area contributed by atoms with Crippen LogP contribution in [0.3, 0.4) is 0 Å². The molecule has 1 fully saturated rings. The van der Waals surface area contributed by atoms with Crippen molar-refractivity contribution >= 4 is 21.4 Å². The first-order valence-electron chi connectivity index (χ1n) is 5.41. The lowest BCUT2D eigenvalue weighted by atomic mass is 10.1. The van der Waals surface area contributed by atoms with Crippen molar-refractivity contribution in [3.63, 3.8) is 0 Å². The Morgan fingerprint density at radius 2 is 2.33 bits per heavy atom. The van der Waals surface area contributed by atoms with Gasteiger partial charge in [0.25, 0.3) is 0 Å². The molecule has 2 aromatic heterocycles. The largest absolute Gasteiger partial charge is 0.327 e. The summed E-state index contributed by atoms with van der Waals surface area (Å²) in [5, 5.41) is 3.41. The average molecular weight is 218 g/mol. The molecule has 1 aliphatic carbocycles. The van der Waals surface area contributed by atoms with E-state index in [0.717, 1.165) is 12.3 Å². The highest BCUT2D eigenvalue weighted by Crippen LogP contribution is 2.33. The SMILES string of the molecule is NC(Cc1nccc2sccc12)C1CC1. The molecule has 1 saturated carbocycles. The van der Waals surface area contributed by atoms with Gasteiger partial charge in [0.05, 0.1) is 5.69 Å². The number of thiophene rings is 1. The molecule has 0 aliphatic heterocycles. The van der Waals surface area contributed by atoms with Gasteiger partial charge in [-0.25, -0.2) is 0 Å². The zero-order chi connectivity index (χ0) is 10.3. The predicted molar refractivity (Wildman–Crippen MR) is 64.0 cm³/mol. The number of hydrogen-bond acceptors (Lipinski definition) is 3. The van der Waals surface area contributed by atoms with Crippen LogP contribution in [0.4, 0.5) is 0 Å². The van der Waals surface area contributed by atoms with Gasteiger partial charge in [-0.2, -0.15) is 0 Å². The van der Waals surface area contributed by atoms with Gasteiger partial charge in [0, 0.05) is 28.7 Å². The van der Waals surface area contributed by atoms with E-state index in [1.54, 1.807) is 11.3 Å². The van der Waals surface area contributed by atoms with E-state index < -0.39 is 0 Å². The molecule has 0 saturated heterocycles. The van der Waals surface area contributed by atoms with Gasteiger partial charge < -0.3 is 5.73 Å². The van der Waals surface area contributed by atoms with Gasteiger partial charge in [0.15, 0.2) is 0 Å². The maximum atomic E-state index is 6.13. The van der Waals surface area contributed by atoms with E-state index in [4.69, 9.17) is 5.73 Å². The summed E-state index contributed by atoms with van der Waals surface area (Å²) >= 11 is 1.77. The Hall–Kier alpha value is -0.930. The van der Waals surface area contributed by atoms with Crippen LogP contribution in [0, 0.1) is 5.92 Å². The first kappa shape index (κ1) is 9.31. The Kier molecular flexibility index (Phi) is 2.22. The van der Waals surface area contributed by atoms with Gasteiger partial charge in [-0.05, 0) is 36.3 Å². The Balaban J connectivity index is 1.92. The van der Waals surface area contributed by atoms with Crippen molar-refractivity contribution in [3.8, 4) is 0 Å². The molecule has 0 bridgehead atoms. The van der Waals surface area contributed by atoms with E-state index in [-0.39, 0.29) is 0 Å². The van der Waals surface area contributed by atoms with Crippen LogP contribution in [-0.4, -0.2) is 11.0 Å². The van der Waals surface area contributed by atoms with Gasteiger partial charge in [-0.15, -0.1) is 11.3 Å². The van der Waals surface area contributed by atoms with E-state index >= 15 is 0 Å². The third-order valence-electron chi connectivity index (χ3n) is 3.12. The summed E-state index contributed by atoms with van der Waals surface area (Å²) < 4.78 is 1.32. The van der Waals surface area contributed by atoms with Crippen molar-refractivity contribution in [1.82, 2.24) is 4.98 Å². The average Bonchev–Trinajstić information content (AvgIpc) is 2.97. The van der Waals surface area contributed by atoms with Crippen LogP contribution in [0.2, 0.25) is 0 Å². The fourth-order valence-electron chi connectivity index (χ4n) is 2.03.